The van der Waals surface area contributed by atoms with E-state index in [1.165, 1.54) is 0 Å². The second kappa shape index (κ2) is 5.57. The van der Waals surface area contributed by atoms with Crippen molar-refractivity contribution in [1.29, 1.82) is 5.26 Å². The molecule has 0 aliphatic heterocycles. The van der Waals surface area contributed by atoms with Gasteiger partial charge in [0, 0.05) is 0 Å². The quantitative estimate of drug-likeness (QED) is 0.866. The Kier molecular flexibility index (Phi) is 4.39. The molecular formula is C12H13BrN2O. The first kappa shape index (κ1) is 12.6. The summed E-state index contributed by atoms with van der Waals surface area (Å²) in [6, 6.07) is 7.61. The third kappa shape index (κ3) is 2.56. The highest BCUT2D eigenvalue weighted by Crippen LogP contribution is 2.28. The lowest BCUT2D eigenvalue weighted by molar-refractivity contribution is 0.412. The van der Waals surface area contributed by atoms with E-state index in [1.807, 2.05) is 25.1 Å². The van der Waals surface area contributed by atoms with Gasteiger partial charge in [0.25, 0.3) is 0 Å². The Morgan fingerprint density at radius 3 is 2.69 bits per heavy atom. The maximum atomic E-state index is 8.90. The Bertz CT molecular complexity index is 461. The van der Waals surface area contributed by atoms with Crippen LogP contribution >= 0.6 is 15.9 Å². The lowest BCUT2D eigenvalue weighted by Gasteiger charge is -2.08. The van der Waals surface area contributed by atoms with Gasteiger partial charge in [-0.15, -0.1) is 0 Å². The van der Waals surface area contributed by atoms with Crippen LogP contribution in [-0.2, 0) is 0 Å². The number of benzene rings is 1. The van der Waals surface area contributed by atoms with Gasteiger partial charge < -0.3 is 10.5 Å². The van der Waals surface area contributed by atoms with Gasteiger partial charge in [0.1, 0.15) is 5.75 Å². The van der Waals surface area contributed by atoms with E-state index in [0.29, 0.717) is 17.7 Å². The number of ether oxygens (including phenoxy) is 1. The van der Waals surface area contributed by atoms with E-state index in [2.05, 4.69) is 22.0 Å². The summed E-state index contributed by atoms with van der Waals surface area (Å²) in [5.41, 5.74) is 7.86. The number of halogens is 1. The zero-order valence-electron chi connectivity index (χ0n) is 9.25. The fraction of sp³-hybridized carbons (Fsp3) is 0.250. The summed E-state index contributed by atoms with van der Waals surface area (Å²) in [4.78, 5) is 0. The van der Waals surface area contributed by atoms with Crippen molar-refractivity contribution < 1.29 is 4.74 Å². The lowest BCUT2D eigenvalue weighted by Crippen LogP contribution is -2.00. The average Bonchev–Trinajstić information content (AvgIpc) is 2.30. The molecule has 0 aromatic heterocycles. The predicted molar refractivity (Wildman–Crippen MR) is 67.7 cm³/mol. The molecule has 0 heterocycles. The number of hydrogen-bond donors (Lipinski definition) is 1. The van der Waals surface area contributed by atoms with Crippen molar-refractivity contribution in [2.24, 2.45) is 5.73 Å². The van der Waals surface area contributed by atoms with Crippen molar-refractivity contribution in [1.82, 2.24) is 0 Å². The first-order valence-electron chi connectivity index (χ1n) is 4.86. The molecule has 1 aromatic rings. The van der Waals surface area contributed by atoms with Crippen molar-refractivity contribution in [3.63, 3.8) is 0 Å². The topological polar surface area (TPSA) is 59.0 Å². The smallest absolute Gasteiger partial charge is 0.133 e. The number of nitriles is 1. The first-order valence-corrected chi connectivity index (χ1v) is 5.66. The van der Waals surface area contributed by atoms with Gasteiger partial charge in [-0.1, -0.05) is 6.92 Å². The molecule has 0 amide bonds. The molecule has 0 saturated carbocycles. The number of allylic oxidation sites excluding steroid dienone is 1. The molecule has 1 rings (SSSR count). The standard InChI is InChI=1S/C12H13BrN2O/c1-3-8(7-14)12(15)9-4-5-11(16-2)10(13)6-9/h4-6H,3,15H2,1-2H3/b12-8-. The molecule has 0 saturated heterocycles. The second-order valence-corrected chi connectivity index (χ2v) is 4.06. The van der Waals surface area contributed by atoms with Gasteiger partial charge in [0.05, 0.1) is 28.9 Å². The molecule has 3 nitrogen and oxygen atoms in total. The third-order valence-corrected chi connectivity index (χ3v) is 2.90. The molecule has 16 heavy (non-hydrogen) atoms. The minimum absolute atomic E-state index is 0.522. The minimum Gasteiger partial charge on any atom is -0.496 e. The van der Waals surface area contributed by atoms with Crippen LogP contribution in [0.2, 0.25) is 0 Å². The molecule has 0 aliphatic rings. The first-order chi connectivity index (χ1) is 7.63. The molecule has 4 heteroatoms. The van der Waals surface area contributed by atoms with Gasteiger partial charge in [-0.25, -0.2) is 0 Å². The number of rotatable bonds is 3. The molecular weight excluding hydrogens is 268 g/mol. The highest BCUT2D eigenvalue weighted by Gasteiger charge is 2.06. The van der Waals surface area contributed by atoms with E-state index in [-0.39, 0.29) is 0 Å². The van der Waals surface area contributed by atoms with Crippen molar-refractivity contribution in [3.8, 4) is 11.8 Å². The summed E-state index contributed by atoms with van der Waals surface area (Å²) in [6.45, 7) is 1.91. The van der Waals surface area contributed by atoms with Gasteiger partial charge in [-0.2, -0.15) is 5.26 Å². The molecule has 0 unspecified atom stereocenters. The van der Waals surface area contributed by atoms with E-state index >= 15 is 0 Å². The van der Waals surface area contributed by atoms with Crippen molar-refractivity contribution >= 4 is 21.6 Å². The Morgan fingerprint density at radius 2 is 2.25 bits per heavy atom. The summed E-state index contributed by atoms with van der Waals surface area (Å²) >= 11 is 3.38. The van der Waals surface area contributed by atoms with Gasteiger partial charge in [-0.05, 0) is 46.1 Å². The molecule has 0 spiro atoms. The zero-order chi connectivity index (χ0) is 12.1. The number of methoxy groups -OCH3 is 1. The van der Waals surface area contributed by atoms with Crippen molar-refractivity contribution in [3.05, 3.63) is 33.8 Å². The molecule has 0 bridgehead atoms. The molecule has 0 fully saturated rings. The summed E-state index contributed by atoms with van der Waals surface area (Å²) in [7, 11) is 1.60. The third-order valence-electron chi connectivity index (χ3n) is 2.28. The fourth-order valence-electron chi connectivity index (χ4n) is 1.34. The van der Waals surface area contributed by atoms with Crippen LogP contribution in [0.5, 0.6) is 5.75 Å². The van der Waals surface area contributed by atoms with E-state index in [1.54, 1.807) is 7.11 Å². The van der Waals surface area contributed by atoms with Crippen molar-refractivity contribution in [2.45, 2.75) is 13.3 Å². The highest BCUT2D eigenvalue weighted by molar-refractivity contribution is 9.10. The average molecular weight is 281 g/mol. The Hall–Kier alpha value is -1.47. The molecule has 0 aliphatic carbocycles. The van der Waals surface area contributed by atoms with Gasteiger partial charge >= 0.3 is 0 Å². The number of nitrogens with zero attached hydrogens (tertiary/aromatic N) is 1. The van der Waals surface area contributed by atoms with Crippen LogP contribution in [0.3, 0.4) is 0 Å². The number of hydrogen-bond acceptors (Lipinski definition) is 3. The predicted octanol–water partition coefficient (Wildman–Crippen LogP) is 3.06. The minimum atomic E-state index is 0.522. The van der Waals surface area contributed by atoms with Crippen LogP contribution in [0.1, 0.15) is 18.9 Å². The second-order valence-electron chi connectivity index (χ2n) is 3.21. The van der Waals surface area contributed by atoms with E-state index in [9.17, 15) is 0 Å². The largest absolute Gasteiger partial charge is 0.496 e. The fourth-order valence-corrected chi connectivity index (χ4v) is 1.88. The van der Waals surface area contributed by atoms with Gasteiger partial charge in [0.2, 0.25) is 0 Å². The Labute approximate surface area is 104 Å². The lowest BCUT2D eigenvalue weighted by atomic mass is 10.1. The Morgan fingerprint density at radius 1 is 1.56 bits per heavy atom. The molecule has 1 aromatic carbocycles. The summed E-state index contributed by atoms with van der Waals surface area (Å²) in [5, 5.41) is 8.90. The summed E-state index contributed by atoms with van der Waals surface area (Å²) in [5.74, 6) is 0.742. The van der Waals surface area contributed by atoms with Crippen LogP contribution in [-0.4, -0.2) is 7.11 Å². The highest BCUT2D eigenvalue weighted by atomic mass is 79.9. The van der Waals surface area contributed by atoms with E-state index in [4.69, 9.17) is 15.7 Å². The van der Waals surface area contributed by atoms with Gasteiger partial charge in [-0.3, -0.25) is 0 Å². The molecule has 84 valence electrons. The van der Waals surface area contributed by atoms with Gasteiger partial charge in [0.15, 0.2) is 0 Å². The summed E-state index contributed by atoms with van der Waals surface area (Å²) in [6.07, 6.45) is 0.631. The van der Waals surface area contributed by atoms with Crippen LogP contribution < -0.4 is 10.5 Å². The maximum Gasteiger partial charge on any atom is 0.133 e. The maximum absolute atomic E-state index is 8.90. The molecule has 2 N–H and O–H groups in total. The number of nitrogens with two attached hydrogens (primary N) is 1. The van der Waals surface area contributed by atoms with E-state index in [0.717, 1.165) is 15.8 Å². The Balaban J connectivity index is 3.21. The summed E-state index contributed by atoms with van der Waals surface area (Å²) < 4.78 is 5.95. The molecule has 0 atom stereocenters. The SMILES string of the molecule is CC/C(C#N)=C(/N)c1ccc(OC)c(Br)c1. The molecule has 0 radical (unpaired) electrons. The van der Waals surface area contributed by atoms with E-state index < -0.39 is 0 Å². The van der Waals surface area contributed by atoms with Crippen LogP contribution in [0.25, 0.3) is 5.70 Å². The zero-order valence-corrected chi connectivity index (χ0v) is 10.8. The van der Waals surface area contributed by atoms with Crippen molar-refractivity contribution in [2.75, 3.05) is 7.11 Å². The monoisotopic (exact) mass is 280 g/mol. The van der Waals surface area contributed by atoms with Crippen LogP contribution in [0.4, 0.5) is 0 Å². The van der Waals surface area contributed by atoms with Crippen LogP contribution in [0.15, 0.2) is 28.2 Å². The van der Waals surface area contributed by atoms with Crippen LogP contribution in [0, 0.1) is 11.3 Å². The normalized spacial score (nSPS) is 11.6.